The maximum absolute atomic E-state index is 5.73. The molecule has 3 nitrogen and oxygen atoms in total. The van der Waals surface area contributed by atoms with Crippen LogP contribution >= 0.6 is 0 Å². The summed E-state index contributed by atoms with van der Waals surface area (Å²) in [6.45, 7) is 11.5. The summed E-state index contributed by atoms with van der Waals surface area (Å²) < 4.78 is 16.9. The Hall–Kier alpha value is -0.120. The summed E-state index contributed by atoms with van der Waals surface area (Å²) in [6, 6.07) is 0. The second-order valence-electron chi connectivity index (χ2n) is 5.31. The van der Waals surface area contributed by atoms with E-state index in [2.05, 4.69) is 20.8 Å². The van der Waals surface area contributed by atoms with E-state index >= 15 is 0 Å². The summed E-state index contributed by atoms with van der Waals surface area (Å²) >= 11 is 0. The van der Waals surface area contributed by atoms with Crippen LogP contribution in [0.4, 0.5) is 0 Å². The fourth-order valence-corrected chi connectivity index (χ4v) is 1.78. The average molecular weight is 274 g/mol. The highest BCUT2D eigenvalue weighted by Gasteiger charge is 2.07. The molecule has 0 aromatic carbocycles. The predicted octanol–water partition coefficient (Wildman–Crippen LogP) is 4.19. The van der Waals surface area contributed by atoms with Crippen LogP contribution in [-0.2, 0) is 14.2 Å². The molecule has 2 unspecified atom stereocenters. The van der Waals surface area contributed by atoms with Crippen LogP contribution in [-0.4, -0.2) is 38.6 Å². The summed E-state index contributed by atoms with van der Waals surface area (Å²) in [6.07, 6.45) is 7.81. The van der Waals surface area contributed by atoms with Crippen LogP contribution in [0.5, 0.6) is 0 Å². The standard InChI is InChI=1S/C16H34O3/c1-5-7-8-9-10-12-18-16(4)14-19-15(3)13-17-11-6-2/h15-16H,5-14H2,1-4H3. The second-order valence-corrected chi connectivity index (χ2v) is 5.31. The quantitative estimate of drug-likeness (QED) is 0.444. The van der Waals surface area contributed by atoms with Crippen molar-refractivity contribution >= 4 is 0 Å². The number of hydrogen-bond donors (Lipinski definition) is 0. The molecule has 0 bridgehead atoms. The molecule has 0 saturated carbocycles. The minimum absolute atomic E-state index is 0.155. The van der Waals surface area contributed by atoms with Crippen molar-refractivity contribution in [3.63, 3.8) is 0 Å². The van der Waals surface area contributed by atoms with Crippen LogP contribution in [0.25, 0.3) is 0 Å². The largest absolute Gasteiger partial charge is 0.379 e. The van der Waals surface area contributed by atoms with Gasteiger partial charge in [0.15, 0.2) is 0 Å². The highest BCUT2D eigenvalue weighted by atomic mass is 16.6. The van der Waals surface area contributed by atoms with Crippen LogP contribution in [0.3, 0.4) is 0 Å². The van der Waals surface area contributed by atoms with Gasteiger partial charge >= 0.3 is 0 Å². The first kappa shape index (κ1) is 18.9. The van der Waals surface area contributed by atoms with E-state index < -0.39 is 0 Å². The average Bonchev–Trinajstić information content (AvgIpc) is 2.40. The van der Waals surface area contributed by atoms with Crippen LogP contribution < -0.4 is 0 Å². The topological polar surface area (TPSA) is 27.7 Å². The molecule has 0 N–H and O–H groups in total. The van der Waals surface area contributed by atoms with E-state index in [1.807, 2.05) is 6.92 Å². The van der Waals surface area contributed by atoms with E-state index in [4.69, 9.17) is 14.2 Å². The first-order valence-electron chi connectivity index (χ1n) is 8.01. The molecular formula is C16H34O3. The fraction of sp³-hybridized carbons (Fsp3) is 1.00. The normalized spacial score (nSPS) is 14.5. The molecule has 0 saturated heterocycles. The Morgan fingerprint density at radius 3 is 2.05 bits per heavy atom. The monoisotopic (exact) mass is 274 g/mol. The Kier molecular flexibility index (Phi) is 14.2. The van der Waals surface area contributed by atoms with Gasteiger partial charge in [-0.1, -0.05) is 39.5 Å². The first-order chi connectivity index (χ1) is 9.20. The third-order valence-corrected chi connectivity index (χ3v) is 2.97. The zero-order chi connectivity index (χ0) is 14.3. The lowest BCUT2D eigenvalue weighted by Gasteiger charge is -2.17. The molecule has 0 fully saturated rings. The molecule has 3 heteroatoms. The number of rotatable bonds is 14. The van der Waals surface area contributed by atoms with E-state index in [-0.39, 0.29) is 12.2 Å². The summed E-state index contributed by atoms with van der Waals surface area (Å²) in [4.78, 5) is 0. The highest BCUT2D eigenvalue weighted by Crippen LogP contribution is 2.04. The van der Waals surface area contributed by atoms with Crippen LogP contribution in [0, 0.1) is 0 Å². The molecule has 0 aliphatic rings. The van der Waals surface area contributed by atoms with Crippen molar-refractivity contribution < 1.29 is 14.2 Å². The molecule has 0 heterocycles. The van der Waals surface area contributed by atoms with E-state index in [0.717, 1.165) is 19.6 Å². The first-order valence-corrected chi connectivity index (χ1v) is 8.01. The number of hydrogen-bond acceptors (Lipinski definition) is 3. The van der Waals surface area contributed by atoms with Gasteiger partial charge in [0.1, 0.15) is 0 Å². The zero-order valence-electron chi connectivity index (χ0n) is 13.5. The van der Waals surface area contributed by atoms with Crippen LogP contribution in [0.2, 0.25) is 0 Å². The van der Waals surface area contributed by atoms with Crippen molar-refractivity contribution in [2.45, 2.75) is 78.4 Å². The second kappa shape index (κ2) is 14.3. The van der Waals surface area contributed by atoms with Gasteiger partial charge in [-0.05, 0) is 26.7 Å². The maximum atomic E-state index is 5.73. The van der Waals surface area contributed by atoms with Gasteiger partial charge in [0, 0.05) is 13.2 Å². The van der Waals surface area contributed by atoms with E-state index in [1.54, 1.807) is 0 Å². The van der Waals surface area contributed by atoms with E-state index in [0.29, 0.717) is 13.2 Å². The smallest absolute Gasteiger partial charge is 0.0781 e. The van der Waals surface area contributed by atoms with E-state index in [9.17, 15) is 0 Å². The van der Waals surface area contributed by atoms with Crippen LogP contribution in [0.1, 0.15) is 66.2 Å². The zero-order valence-corrected chi connectivity index (χ0v) is 13.5. The van der Waals surface area contributed by atoms with Crippen molar-refractivity contribution in [2.75, 3.05) is 26.4 Å². The van der Waals surface area contributed by atoms with Gasteiger partial charge in [0.2, 0.25) is 0 Å². The van der Waals surface area contributed by atoms with Crippen molar-refractivity contribution in [1.82, 2.24) is 0 Å². The SMILES string of the molecule is CCCCCCCOC(C)COC(C)COCCC. The lowest BCUT2D eigenvalue weighted by atomic mass is 10.2. The molecule has 2 atom stereocenters. The predicted molar refractivity (Wildman–Crippen MR) is 80.7 cm³/mol. The van der Waals surface area contributed by atoms with Gasteiger partial charge in [-0.15, -0.1) is 0 Å². The summed E-state index contributed by atoms with van der Waals surface area (Å²) in [5.41, 5.74) is 0. The molecule has 0 rings (SSSR count). The number of ether oxygens (including phenoxy) is 3. The Bertz CT molecular complexity index is 173. The summed E-state index contributed by atoms with van der Waals surface area (Å²) in [5, 5.41) is 0. The summed E-state index contributed by atoms with van der Waals surface area (Å²) in [7, 11) is 0. The third-order valence-electron chi connectivity index (χ3n) is 2.97. The van der Waals surface area contributed by atoms with Gasteiger partial charge in [-0.25, -0.2) is 0 Å². The molecule has 19 heavy (non-hydrogen) atoms. The van der Waals surface area contributed by atoms with Crippen molar-refractivity contribution in [1.29, 1.82) is 0 Å². The molecule has 0 aliphatic heterocycles. The van der Waals surface area contributed by atoms with Crippen molar-refractivity contribution in [3.8, 4) is 0 Å². The lowest BCUT2D eigenvalue weighted by Crippen LogP contribution is -2.23. The molecule has 0 radical (unpaired) electrons. The minimum atomic E-state index is 0.155. The Morgan fingerprint density at radius 1 is 0.684 bits per heavy atom. The van der Waals surface area contributed by atoms with Gasteiger partial charge < -0.3 is 14.2 Å². The van der Waals surface area contributed by atoms with E-state index in [1.165, 1.54) is 32.1 Å². The Labute approximate surface area is 120 Å². The highest BCUT2D eigenvalue weighted by molar-refractivity contribution is 4.53. The summed E-state index contributed by atoms with van der Waals surface area (Å²) in [5.74, 6) is 0. The Morgan fingerprint density at radius 2 is 1.37 bits per heavy atom. The molecule has 0 amide bonds. The minimum Gasteiger partial charge on any atom is -0.379 e. The fourth-order valence-electron chi connectivity index (χ4n) is 1.78. The number of unbranched alkanes of at least 4 members (excludes halogenated alkanes) is 4. The van der Waals surface area contributed by atoms with Gasteiger partial charge in [0.05, 0.1) is 25.4 Å². The van der Waals surface area contributed by atoms with Crippen molar-refractivity contribution in [2.24, 2.45) is 0 Å². The van der Waals surface area contributed by atoms with Gasteiger partial charge in [0.25, 0.3) is 0 Å². The van der Waals surface area contributed by atoms with Gasteiger partial charge in [-0.2, -0.15) is 0 Å². The lowest BCUT2D eigenvalue weighted by molar-refractivity contribution is -0.0573. The maximum Gasteiger partial charge on any atom is 0.0781 e. The molecule has 116 valence electrons. The molecular weight excluding hydrogens is 240 g/mol. The van der Waals surface area contributed by atoms with Gasteiger partial charge in [-0.3, -0.25) is 0 Å². The molecule has 0 aromatic heterocycles. The molecule has 0 aromatic rings. The third kappa shape index (κ3) is 14.1. The molecule has 0 spiro atoms. The Balaban J connectivity index is 3.30. The molecule has 0 aliphatic carbocycles. The van der Waals surface area contributed by atoms with Crippen molar-refractivity contribution in [3.05, 3.63) is 0 Å². The van der Waals surface area contributed by atoms with Crippen LogP contribution in [0.15, 0.2) is 0 Å².